The number of amides is 1. The number of anilines is 1. The lowest BCUT2D eigenvalue weighted by Crippen LogP contribution is -2.52. The second kappa shape index (κ2) is 9.20. The molecule has 0 bridgehead atoms. The first-order chi connectivity index (χ1) is 14.1. The Hall–Kier alpha value is -2.35. The summed E-state index contributed by atoms with van der Waals surface area (Å²) < 4.78 is 5.50. The highest BCUT2D eigenvalue weighted by atomic mass is 16.6. The Balaban J connectivity index is 1.52. The first kappa shape index (κ1) is 22.3. The van der Waals surface area contributed by atoms with Crippen LogP contribution in [0.5, 0.6) is 0 Å². The molecule has 2 heterocycles. The molecule has 2 fully saturated rings. The number of hydrogen-bond acceptors (Lipinski definition) is 6. The molecule has 1 unspecified atom stereocenters. The van der Waals surface area contributed by atoms with Crippen LogP contribution in [0.1, 0.15) is 40.0 Å². The number of likely N-dealkylation sites (N-methyl/N-ethyl adjacent to an activating group) is 1. The number of nitro groups is 1. The van der Waals surface area contributed by atoms with Crippen molar-refractivity contribution >= 4 is 17.5 Å². The molecule has 166 valence electrons. The standard InChI is InChI=1S/C22H34N4O4/c1-22(2,3)30-21(27)24-11-9-17(10-12-24)15-20-16-25(14-13-23(20)4)18-5-7-19(8-6-18)26(28)29/h5-8,17,20H,9-16H2,1-4H3. The van der Waals surface area contributed by atoms with Crippen LogP contribution in [0.2, 0.25) is 0 Å². The van der Waals surface area contributed by atoms with E-state index in [2.05, 4.69) is 16.8 Å². The van der Waals surface area contributed by atoms with Crippen LogP contribution in [-0.2, 0) is 4.74 Å². The molecule has 3 rings (SSSR count). The number of piperazine rings is 1. The molecule has 0 aromatic heterocycles. The fourth-order valence-corrected chi connectivity index (χ4v) is 4.28. The van der Waals surface area contributed by atoms with Crippen LogP contribution in [-0.4, -0.2) is 72.2 Å². The molecule has 0 spiro atoms. The van der Waals surface area contributed by atoms with Gasteiger partial charge in [-0.05, 0) is 65.1 Å². The summed E-state index contributed by atoms with van der Waals surface area (Å²) in [6.45, 7) is 10.00. The fourth-order valence-electron chi connectivity index (χ4n) is 4.28. The van der Waals surface area contributed by atoms with Crippen LogP contribution in [0.25, 0.3) is 0 Å². The highest BCUT2D eigenvalue weighted by Crippen LogP contribution is 2.28. The van der Waals surface area contributed by atoms with E-state index in [1.807, 2.05) is 37.8 Å². The Morgan fingerprint density at radius 2 is 1.77 bits per heavy atom. The van der Waals surface area contributed by atoms with Gasteiger partial charge in [0.2, 0.25) is 0 Å². The summed E-state index contributed by atoms with van der Waals surface area (Å²) >= 11 is 0. The number of carbonyl (C=O) groups excluding carboxylic acids is 1. The molecule has 1 aromatic rings. The van der Waals surface area contributed by atoms with Gasteiger partial charge in [0.05, 0.1) is 4.92 Å². The number of carbonyl (C=O) groups is 1. The average Bonchev–Trinajstić information content (AvgIpc) is 2.69. The van der Waals surface area contributed by atoms with E-state index in [-0.39, 0.29) is 16.7 Å². The number of hydrogen-bond donors (Lipinski definition) is 0. The predicted octanol–water partition coefficient (Wildman–Crippen LogP) is 3.75. The Morgan fingerprint density at radius 3 is 2.33 bits per heavy atom. The lowest BCUT2D eigenvalue weighted by molar-refractivity contribution is -0.384. The van der Waals surface area contributed by atoms with Gasteiger partial charge in [-0.2, -0.15) is 0 Å². The monoisotopic (exact) mass is 418 g/mol. The van der Waals surface area contributed by atoms with Gasteiger partial charge in [-0.15, -0.1) is 0 Å². The summed E-state index contributed by atoms with van der Waals surface area (Å²) in [5.74, 6) is 0.591. The second-order valence-corrected chi connectivity index (χ2v) is 9.50. The van der Waals surface area contributed by atoms with Gasteiger partial charge in [-0.1, -0.05) is 0 Å². The van der Waals surface area contributed by atoms with Crippen LogP contribution < -0.4 is 4.90 Å². The Bertz CT molecular complexity index is 738. The SMILES string of the molecule is CN1CCN(c2ccc([N+](=O)[O-])cc2)CC1CC1CCN(C(=O)OC(C)(C)C)CC1. The fraction of sp³-hybridized carbons (Fsp3) is 0.682. The molecule has 0 radical (unpaired) electrons. The van der Waals surface area contributed by atoms with Gasteiger partial charge in [0, 0.05) is 56.6 Å². The highest BCUT2D eigenvalue weighted by Gasteiger charge is 2.31. The summed E-state index contributed by atoms with van der Waals surface area (Å²) in [6, 6.07) is 7.29. The van der Waals surface area contributed by atoms with E-state index in [0.29, 0.717) is 12.0 Å². The molecule has 0 saturated carbocycles. The maximum Gasteiger partial charge on any atom is 0.410 e. The second-order valence-electron chi connectivity index (χ2n) is 9.50. The van der Waals surface area contributed by atoms with E-state index >= 15 is 0 Å². The van der Waals surface area contributed by atoms with Crippen molar-refractivity contribution in [1.82, 2.24) is 9.80 Å². The quantitative estimate of drug-likeness (QED) is 0.547. The zero-order valence-electron chi connectivity index (χ0n) is 18.5. The van der Waals surface area contributed by atoms with E-state index in [1.54, 1.807) is 12.1 Å². The summed E-state index contributed by atoms with van der Waals surface area (Å²) in [7, 11) is 2.17. The third kappa shape index (κ3) is 5.84. The van der Waals surface area contributed by atoms with Crippen molar-refractivity contribution in [3.05, 3.63) is 34.4 Å². The van der Waals surface area contributed by atoms with Crippen LogP contribution >= 0.6 is 0 Å². The van der Waals surface area contributed by atoms with Gasteiger partial charge >= 0.3 is 6.09 Å². The number of rotatable bonds is 4. The van der Waals surface area contributed by atoms with Gasteiger partial charge in [0.15, 0.2) is 0 Å². The minimum Gasteiger partial charge on any atom is -0.444 e. The number of nitro benzene ring substituents is 1. The van der Waals surface area contributed by atoms with E-state index < -0.39 is 5.60 Å². The van der Waals surface area contributed by atoms with Gasteiger partial charge in [-0.25, -0.2) is 4.79 Å². The van der Waals surface area contributed by atoms with Crippen molar-refractivity contribution in [1.29, 1.82) is 0 Å². The van der Waals surface area contributed by atoms with Crippen LogP contribution in [0, 0.1) is 16.0 Å². The number of non-ortho nitro benzene ring substituents is 1. The van der Waals surface area contributed by atoms with Crippen LogP contribution in [0.3, 0.4) is 0 Å². The number of ether oxygens (including phenoxy) is 1. The number of likely N-dealkylation sites (tertiary alicyclic amines) is 1. The Kier molecular flexibility index (Phi) is 6.85. The van der Waals surface area contributed by atoms with Crippen molar-refractivity contribution in [2.45, 2.75) is 51.7 Å². The molecule has 2 saturated heterocycles. The van der Waals surface area contributed by atoms with Crippen LogP contribution in [0.15, 0.2) is 24.3 Å². The summed E-state index contributed by atoms with van der Waals surface area (Å²) in [4.78, 5) is 29.4. The molecule has 1 amide bonds. The Morgan fingerprint density at radius 1 is 1.13 bits per heavy atom. The first-order valence-electron chi connectivity index (χ1n) is 10.8. The number of benzene rings is 1. The zero-order chi connectivity index (χ0) is 21.9. The molecule has 1 aromatic carbocycles. The maximum absolute atomic E-state index is 12.3. The molecule has 2 aliphatic rings. The molecule has 8 heteroatoms. The third-order valence-corrected chi connectivity index (χ3v) is 6.07. The molecule has 0 N–H and O–H groups in total. The summed E-state index contributed by atoms with van der Waals surface area (Å²) in [5, 5.41) is 10.9. The first-order valence-corrected chi connectivity index (χ1v) is 10.8. The van der Waals surface area contributed by atoms with Gasteiger partial charge in [0.1, 0.15) is 5.60 Å². The van der Waals surface area contributed by atoms with Crippen LogP contribution in [0.4, 0.5) is 16.2 Å². The van der Waals surface area contributed by atoms with Gasteiger partial charge in [0.25, 0.3) is 5.69 Å². The predicted molar refractivity (Wildman–Crippen MR) is 117 cm³/mol. The topological polar surface area (TPSA) is 79.2 Å². The summed E-state index contributed by atoms with van der Waals surface area (Å²) in [5.41, 5.74) is 0.708. The molecule has 30 heavy (non-hydrogen) atoms. The van der Waals surface area contributed by atoms with E-state index in [0.717, 1.165) is 57.7 Å². The number of piperidine rings is 1. The lowest BCUT2D eigenvalue weighted by atomic mass is 9.89. The zero-order valence-corrected chi connectivity index (χ0v) is 18.5. The van der Waals surface area contributed by atoms with Crippen molar-refractivity contribution in [2.24, 2.45) is 5.92 Å². The minimum absolute atomic E-state index is 0.126. The molecular weight excluding hydrogens is 384 g/mol. The Labute approximate surface area is 178 Å². The van der Waals surface area contributed by atoms with E-state index in [1.165, 1.54) is 0 Å². The molecule has 2 aliphatic heterocycles. The average molecular weight is 419 g/mol. The summed E-state index contributed by atoms with van der Waals surface area (Å²) in [6.07, 6.45) is 2.89. The normalized spacial score (nSPS) is 21.5. The molecule has 1 atom stereocenters. The van der Waals surface area contributed by atoms with Crippen molar-refractivity contribution < 1.29 is 14.5 Å². The maximum atomic E-state index is 12.3. The molecule has 0 aliphatic carbocycles. The van der Waals surface area contributed by atoms with E-state index in [4.69, 9.17) is 4.74 Å². The van der Waals surface area contributed by atoms with E-state index in [9.17, 15) is 14.9 Å². The highest BCUT2D eigenvalue weighted by molar-refractivity contribution is 5.68. The largest absolute Gasteiger partial charge is 0.444 e. The lowest BCUT2D eigenvalue weighted by Gasteiger charge is -2.43. The smallest absolute Gasteiger partial charge is 0.410 e. The third-order valence-electron chi connectivity index (χ3n) is 6.07. The molecule has 8 nitrogen and oxygen atoms in total. The van der Waals surface area contributed by atoms with Crippen molar-refractivity contribution in [3.63, 3.8) is 0 Å². The molecular formula is C22H34N4O4. The van der Waals surface area contributed by atoms with Gasteiger partial charge in [-0.3, -0.25) is 15.0 Å². The van der Waals surface area contributed by atoms with Crippen molar-refractivity contribution in [2.75, 3.05) is 44.7 Å². The van der Waals surface area contributed by atoms with Gasteiger partial charge < -0.3 is 14.5 Å². The minimum atomic E-state index is -0.458. The number of nitrogens with zero attached hydrogens (tertiary/aromatic N) is 4. The van der Waals surface area contributed by atoms with Crippen molar-refractivity contribution in [3.8, 4) is 0 Å².